The number of halogens is 3. The van der Waals surface area contributed by atoms with E-state index >= 15 is 0 Å². The molecule has 0 saturated carbocycles. The zero-order valence-electron chi connectivity index (χ0n) is 9.17. The van der Waals surface area contributed by atoms with Crippen LogP contribution in [0.25, 0.3) is 0 Å². The number of hydrogen-bond acceptors (Lipinski definition) is 2. The highest BCUT2D eigenvalue weighted by molar-refractivity contribution is 6.40. The van der Waals surface area contributed by atoms with Crippen LogP contribution in [0.2, 0.25) is 10.0 Å². The Morgan fingerprint density at radius 1 is 1.29 bits per heavy atom. The van der Waals surface area contributed by atoms with Crippen molar-refractivity contribution in [3.05, 3.63) is 33.8 Å². The fourth-order valence-electron chi connectivity index (χ4n) is 1.38. The number of carbonyl (C=O) groups is 2. The highest BCUT2D eigenvalue weighted by Gasteiger charge is 2.29. The summed E-state index contributed by atoms with van der Waals surface area (Å²) < 4.78 is 13.6. The Balaban J connectivity index is 3.01. The Hall–Kier alpha value is -0.930. The highest BCUT2D eigenvalue weighted by Crippen LogP contribution is 2.26. The standard InChI is InChI=1S/C12H11Cl2FO2/c1-2-4-9(16)11(15)12(17)10-7(13)5-3-6-8(10)14/h3,5-6,11H,2,4H2,1H3. The van der Waals surface area contributed by atoms with Gasteiger partial charge >= 0.3 is 0 Å². The Kier molecular flexibility index (Phi) is 5.09. The Labute approximate surface area is 109 Å². The van der Waals surface area contributed by atoms with Gasteiger partial charge in [-0.15, -0.1) is 0 Å². The van der Waals surface area contributed by atoms with E-state index in [-0.39, 0.29) is 22.0 Å². The summed E-state index contributed by atoms with van der Waals surface area (Å²) in [6.07, 6.45) is -1.68. The number of Topliss-reactive ketones (excluding diaryl/α,β-unsaturated/α-hetero) is 2. The fourth-order valence-corrected chi connectivity index (χ4v) is 1.96. The third-order valence-corrected chi connectivity index (χ3v) is 2.85. The molecule has 0 bridgehead atoms. The van der Waals surface area contributed by atoms with E-state index in [1.54, 1.807) is 13.0 Å². The van der Waals surface area contributed by atoms with Gasteiger partial charge in [-0.3, -0.25) is 9.59 Å². The lowest BCUT2D eigenvalue weighted by molar-refractivity contribution is -0.122. The topological polar surface area (TPSA) is 34.1 Å². The lowest BCUT2D eigenvalue weighted by atomic mass is 10.0. The average molecular weight is 277 g/mol. The van der Waals surface area contributed by atoms with Crippen molar-refractivity contribution in [2.24, 2.45) is 0 Å². The molecule has 1 aromatic carbocycles. The molecule has 17 heavy (non-hydrogen) atoms. The van der Waals surface area contributed by atoms with Gasteiger partial charge in [0.25, 0.3) is 0 Å². The highest BCUT2D eigenvalue weighted by atomic mass is 35.5. The second kappa shape index (κ2) is 6.12. The molecule has 1 aromatic rings. The van der Waals surface area contributed by atoms with E-state index in [0.29, 0.717) is 6.42 Å². The van der Waals surface area contributed by atoms with Crippen molar-refractivity contribution in [2.45, 2.75) is 25.9 Å². The number of benzene rings is 1. The summed E-state index contributed by atoms with van der Waals surface area (Å²) in [5.74, 6) is -1.72. The summed E-state index contributed by atoms with van der Waals surface area (Å²) in [4.78, 5) is 23.0. The second-order valence-corrected chi connectivity index (χ2v) is 4.35. The maximum Gasteiger partial charge on any atom is 0.220 e. The monoisotopic (exact) mass is 276 g/mol. The molecule has 2 nitrogen and oxygen atoms in total. The lowest BCUT2D eigenvalue weighted by Gasteiger charge is -2.08. The smallest absolute Gasteiger partial charge is 0.220 e. The summed E-state index contributed by atoms with van der Waals surface area (Å²) >= 11 is 11.5. The third kappa shape index (κ3) is 3.27. The van der Waals surface area contributed by atoms with E-state index in [1.165, 1.54) is 12.1 Å². The van der Waals surface area contributed by atoms with Crippen LogP contribution in [-0.2, 0) is 4.79 Å². The van der Waals surface area contributed by atoms with E-state index in [2.05, 4.69) is 0 Å². The molecular weight excluding hydrogens is 266 g/mol. The van der Waals surface area contributed by atoms with E-state index in [0.717, 1.165) is 0 Å². The summed E-state index contributed by atoms with van der Waals surface area (Å²) in [5.41, 5.74) is -0.132. The van der Waals surface area contributed by atoms with Crippen molar-refractivity contribution in [3.8, 4) is 0 Å². The minimum atomic E-state index is -2.19. The van der Waals surface area contributed by atoms with Crippen LogP contribution in [0, 0.1) is 0 Å². The normalized spacial score (nSPS) is 12.2. The van der Waals surface area contributed by atoms with Crippen LogP contribution in [0.1, 0.15) is 30.1 Å². The SMILES string of the molecule is CCCC(=O)C(F)C(=O)c1c(Cl)cccc1Cl. The van der Waals surface area contributed by atoms with Crippen LogP contribution in [0.5, 0.6) is 0 Å². The van der Waals surface area contributed by atoms with Gasteiger partial charge in [-0.25, -0.2) is 4.39 Å². The first-order chi connectivity index (χ1) is 7.99. The molecule has 0 amide bonds. The molecule has 0 radical (unpaired) electrons. The number of rotatable bonds is 5. The Morgan fingerprint density at radius 2 is 1.82 bits per heavy atom. The third-order valence-electron chi connectivity index (χ3n) is 2.22. The quantitative estimate of drug-likeness (QED) is 0.604. The Morgan fingerprint density at radius 3 is 2.29 bits per heavy atom. The van der Waals surface area contributed by atoms with Crippen LogP contribution >= 0.6 is 23.2 Å². The predicted molar refractivity (Wildman–Crippen MR) is 65.6 cm³/mol. The zero-order valence-corrected chi connectivity index (χ0v) is 10.7. The summed E-state index contributed by atoms with van der Waals surface area (Å²) in [6.45, 7) is 1.73. The van der Waals surface area contributed by atoms with E-state index < -0.39 is 17.7 Å². The molecule has 0 spiro atoms. The molecule has 0 aliphatic carbocycles. The van der Waals surface area contributed by atoms with E-state index in [1.807, 2.05) is 0 Å². The predicted octanol–water partition coefficient (Wildman–Crippen LogP) is 3.88. The minimum Gasteiger partial charge on any atom is -0.296 e. The summed E-state index contributed by atoms with van der Waals surface area (Å²) in [7, 11) is 0. The van der Waals surface area contributed by atoms with Gasteiger partial charge in [0.1, 0.15) is 0 Å². The molecule has 1 unspecified atom stereocenters. The van der Waals surface area contributed by atoms with Crippen LogP contribution in [-0.4, -0.2) is 17.7 Å². The molecule has 5 heteroatoms. The molecular formula is C12H11Cl2FO2. The molecule has 1 rings (SSSR count). The first kappa shape index (κ1) is 14.1. The van der Waals surface area contributed by atoms with Gasteiger partial charge in [0.2, 0.25) is 12.0 Å². The molecule has 0 saturated heterocycles. The average Bonchev–Trinajstić information content (AvgIpc) is 2.27. The van der Waals surface area contributed by atoms with Gasteiger partial charge in [0, 0.05) is 6.42 Å². The maximum atomic E-state index is 13.6. The number of alkyl halides is 1. The van der Waals surface area contributed by atoms with Gasteiger partial charge in [0.05, 0.1) is 15.6 Å². The van der Waals surface area contributed by atoms with Crippen LogP contribution in [0.3, 0.4) is 0 Å². The summed E-state index contributed by atoms with van der Waals surface area (Å²) in [5, 5.41) is 0.101. The zero-order chi connectivity index (χ0) is 13.0. The second-order valence-electron chi connectivity index (χ2n) is 3.54. The number of hydrogen-bond donors (Lipinski definition) is 0. The van der Waals surface area contributed by atoms with Crippen LogP contribution in [0.4, 0.5) is 4.39 Å². The molecule has 0 heterocycles. The maximum absolute atomic E-state index is 13.6. The van der Waals surface area contributed by atoms with Crippen LogP contribution < -0.4 is 0 Å². The van der Waals surface area contributed by atoms with Gasteiger partial charge in [-0.1, -0.05) is 36.2 Å². The van der Waals surface area contributed by atoms with E-state index in [9.17, 15) is 14.0 Å². The van der Waals surface area contributed by atoms with Gasteiger partial charge in [0.15, 0.2) is 5.78 Å². The molecule has 0 aromatic heterocycles. The van der Waals surface area contributed by atoms with Crippen molar-refractivity contribution in [3.63, 3.8) is 0 Å². The van der Waals surface area contributed by atoms with Crippen LogP contribution in [0.15, 0.2) is 18.2 Å². The molecule has 0 aliphatic rings. The van der Waals surface area contributed by atoms with Crippen molar-refractivity contribution < 1.29 is 14.0 Å². The lowest BCUT2D eigenvalue weighted by Crippen LogP contribution is -2.26. The van der Waals surface area contributed by atoms with Crippen molar-refractivity contribution in [1.29, 1.82) is 0 Å². The first-order valence-corrected chi connectivity index (χ1v) is 5.89. The van der Waals surface area contributed by atoms with E-state index in [4.69, 9.17) is 23.2 Å². The molecule has 1 atom stereocenters. The van der Waals surface area contributed by atoms with Crippen molar-refractivity contribution >= 4 is 34.8 Å². The number of ketones is 2. The molecule has 0 aliphatic heterocycles. The fraction of sp³-hybridized carbons (Fsp3) is 0.333. The summed E-state index contributed by atoms with van der Waals surface area (Å²) in [6, 6.07) is 4.40. The molecule has 0 fully saturated rings. The molecule has 92 valence electrons. The van der Waals surface area contributed by atoms with Gasteiger partial charge < -0.3 is 0 Å². The van der Waals surface area contributed by atoms with Crippen molar-refractivity contribution in [2.75, 3.05) is 0 Å². The number of carbonyl (C=O) groups excluding carboxylic acids is 2. The molecule has 0 N–H and O–H groups in total. The largest absolute Gasteiger partial charge is 0.296 e. The Bertz CT molecular complexity index is 426. The first-order valence-electron chi connectivity index (χ1n) is 5.14. The minimum absolute atomic E-state index is 0.0228. The van der Waals surface area contributed by atoms with Crippen molar-refractivity contribution in [1.82, 2.24) is 0 Å². The van der Waals surface area contributed by atoms with Gasteiger partial charge in [-0.2, -0.15) is 0 Å². The van der Waals surface area contributed by atoms with Gasteiger partial charge in [-0.05, 0) is 18.6 Å².